The Morgan fingerprint density at radius 2 is 1.81 bits per heavy atom. The second-order valence-corrected chi connectivity index (χ2v) is 3.76. The SMILES string of the molecule is O=CCCC(CNC(=O)CS)NC(=O)CS. The van der Waals surface area contributed by atoms with Crippen molar-refractivity contribution >= 4 is 43.4 Å². The molecule has 0 saturated heterocycles. The van der Waals surface area contributed by atoms with Gasteiger partial charge < -0.3 is 15.4 Å². The normalized spacial score (nSPS) is 11.6. The highest BCUT2D eigenvalue weighted by Crippen LogP contribution is 1.95. The summed E-state index contributed by atoms with van der Waals surface area (Å²) in [7, 11) is 0. The molecule has 0 aliphatic carbocycles. The average molecular weight is 264 g/mol. The summed E-state index contributed by atoms with van der Waals surface area (Å²) in [6.07, 6.45) is 1.62. The Hall–Kier alpha value is -0.690. The molecule has 0 spiro atoms. The lowest BCUT2D eigenvalue weighted by Crippen LogP contribution is -2.44. The molecule has 2 N–H and O–H groups in total. The van der Waals surface area contributed by atoms with Gasteiger partial charge in [0, 0.05) is 19.0 Å². The van der Waals surface area contributed by atoms with Gasteiger partial charge in [-0.3, -0.25) is 9.59 Å². The molecule has 0 radical (unpaired) electrons. The number of aldehydes is 1. The Labute approximate surface area is 106 Å². The van der Waals surface area contributed by atoms with E-state index in [2.05, 4.69) is 35.9 Å². The van der Waals surface area contributed by atoms with Gasteiger partial charge in [0.1, 0.15) is 6.29 Å². The molecule has 16 heavy (non-hydrogen) atoms. The van der Waals surface area contributed by atoms with Crippen molar-refractivity contribution in [1.29, 1.82) is 0 Å². The summed E-state index contributed by atoms with van der Waals surface area (Å²) in [5, 5.41) is 5.27. The van der Waals surface area contributed by atoms with Crippen LogP contribution < -0.4 is 10.6 Å². The Morgan fingerprint density at radius 3 is 2.31 bits per heavy atom. The average Bonchev–Trinajstić information content (AvgIpc) is 2.31. The van der Waals surface area contributed by atoms with Crippen LogP contribution in [-0.4, -0.2) is 42.2 Å². The van der Waals surface area contributed by atoms with Gasteiger partial charge in [-0.2, -0.15) is 25.3 Å². The molecule has 2 amide bonds. The van der Waals surface area contributed by atoms with Gasteiger partial charge in [-0.25, -0.2) is 0 Å². The molecule has 0 rings (SSSR count). The number of hydrogen-bond acceptors (Lipinski definition) is 5. The molecule has 1 unspecified atom stereocenters. The summed E-state index contributed by atoms with van der Waals surface area (Å²) in [5.41, 5.74) is 0. The first kappa shape index (κ1) is 15.3. The number of carbonyl (C=O) groups is 3. The molecule has 0 aliphatic heterocycles. The molecule has 7 heteroatoms. The van der Waals surface area contributed by atoms with Crippen LogP contribution in [0.4, 0.5) is 0 Å². The fourth-order valence-corrected chi connectivity index (χ4v) is 1.26. The first-order chi connectivity index (χ1) is 7.63. The third-order valence-electron chi connectivity index (χ3n) is 1.83. The van der Waals surface area contributed by atoms with Gasteiger partial charge in [-0.1, -0.05) is 0 Å². The second-order valence-electron chi connectivity index (χ2n) is 3.13. The highest BCUT2D eigenvalue weighted by atomic mass is 32.1. The summed E-state index contributed by atoms with van der Waals surface area (Å²) >= 11 is 7.64. The molecular formula is C9H16N2O3S2. The predicted octanol–water partition coefficient (Wildman–Crippen LogP) is -0.574. The van der Waals surface area contributed by atoms with Gasteiger partial charge in [0.15, 0.2) is 0 Å². The van der Waals surface area contributed by atoms with E-state index in [9.17, 15) is 14.4 Å². The molecule has 0 fully saturated rings. The van der Waals surface area contributed by atoms with Gasteiger partial charge in [0.2, 0.25) is 11.8 Å². The van der Waals surface area contributed by atoms with Crippen molar-refractivity contribution in [3.63, 3.8) is 0 Å². The van der Waals surface area contributed by atoms with Crippen LogP contribution in [0.25, 0.3) is 0 Å². The van der Waals surface area contributed by atoms with E-state index in [0.29, 0.717) is 19.4 Å². The standard InChI is InChI=1S/C9H16N2O3S2/c12-3-1-2-7(11-9(14)6-16)4-10-8(13)5-15/h3,7,15-16H,1-2,4-6H2,(H,10,13)(H,11,14). The summed E-state index contributed by atoms with van der Waals surface area (Å²) in [6, 6.07) is -0.242. The fraction of sp³-hybridized carbons (Fsp3) is 0.667. The van der Waals surface area contributed by atoms with Crippen molar-refractivity contribution in [2.24, 2.45) is 0 Å². The number of rotatable bonds is 8. The first-order valence-corrected chi connectivity index (χ1v) is 6.12. The minimum absolute atomic E-state index is 0.0815. The van der Waals surface area contributed by atoms with Crippen molar-refractivity contribution in [3.05, 3.63) is 0 Å². The molecule has 0 heterocycles. The highest BCUT2D eigenvalue weighted by Gasteiger charge is 2.11. The lowest BCUT2D eigenvalue weighted by Gasteiger charge is -2.17. The Morgan fingerprint density at radius 1 is 1.19 bits per heavy atom. The second kappa shape index (κ2) is 9.53. The zero-order valence-electron chi connectivity index (χ0n) is 8.81. The molecule has 0 aliphatic rings. The maximum absolute atomic E-state index is 11.1. The van der Waals surface area contributed by atoms with Crippen molar-refractivity contribution in [3.8, 4) is 0 Å². The number of thiol groups is 2. The van der Waals surface area contributed by atoms with Crippen molar-refractivity contribution < 1.29 is 14.4 Å². The van der Waals surface area contributed by atoms with Crippen LogP contribution >= 0.6 is 25.3 Å². The summed E-state index contributed by atoms with van der Waals surface area (Å²) < 4.78 is 0. The molecule has 5 nitrogen and oxygen atoms in total. The van der Waals surface area contributed by atoms with E-state index in [1.54, 1.807) is 0 Å². The summed E-state index contributed by atoms with van der Waals surface area (Å²) in [6.45, 7) is 0.298. The molecular weight excluding hydrogens is 248 g/mol. The molecule has 1 atom stereocenters. The fourth-order valence-electron chi connectivity index (χ4n) is 1.06. The maximum atomic E-state index is 11.1. The van der Waals surface area contributed by atoms with Gasteiger partial charge in [0.25, 0.3) is 0 Å². The lowest BCUT2D eigenvalue weighted by molar-refractivity contribution is -0.121. The predicted molar refractivity (Wildman–Crippen MR) is 67.9 cm³/mol. The van der Waals surface area contributed by atoms with Crippen LogP contribution in [-0.2, 0) is 14.4 Å². The van der Waals surface area contributed by atoms with Crippen molar-refractivity contribution in [1.82, 2.24) is 10.6 Å². The minimum Gasteiger partial charge on any atom is -0.353 e. The zero-order chi connectivity index (χ0) is 12.4. The van der Waals surface area contributed by atoms with E-state index in [1.165, 1.54) is 0 Å². The van der Waals surface area contributed by atoms with Crippen molar-refractivity contribution in [2.75, 3.05) is 18.1 Å². The molecule has 0 aromatic heterocycles. The lowest BCUT2D eigenvalue weighted by atomic mass is 10.1. The van der Waals surface area contributed by atoms with Crippen LogP contribution in [0.3, 0.4) is 0 Å². The number of nitrogens with one attached hydrogen (secondary N) is 2. The molecule has 0 bridgehead atoms. The number of amides is 2. The van der Waals surface area contributed by atoms with Gasteiger partial charge >= 0.3 is 0 Å². The van der Waals surface area contributed by atoms with Gasteiger partial charge in [0.05, 0.1) is 11.5 Å². The van der Waals surface area contributed by atoms with E-state index >= 15 is 0 Å². The smallest absolute Gasteiger partial charge is 0.230 e. The largest absolute Gasteiger partial charge is 0.353 e. The van der Waals surface area contributed by atoms with E-state index in [4.69, 9.17) is 0 Å². The third kappa shape index (κ3) is 7.58. The quantitative estimate of drug-likeness (QED) is 0.350. The van der Waals surface area contributed by atoms with Crippen LogP contribution in [0, 0.1) is 0 Å². The first-order valence-electron chi connectivity index (χ1n) is 4.85. The molecule has 0 saturated carbocycles. The van der Waals surface area contributed by atoms with Crippen LogP contribution in [0.2, 0.25) is 0 Å². The van der Waals surface area contributed by atoms with E-state index in [-0.39, 0.29) is 29.4 Å². The van der Waals surface area contributed by atoms with E-state index in [0.717, 1.165) is 6.29 Å². The topological polar surface area (TPSA) is 75.3 Å². The van der Waals surface area contributed by atoms with Crippen LogP contribution in [0.1, 0.15) is 12.8 Å². The van der Waals surface area contributed by atoms with Crippen molar-refractivity contribution in [2.45, 2.75) is 18.9 Å². The molecule has 0 aromatic rings. The maximum Gasteiger partial charge on any atom is 0.230 e. The highest BCUT2D eigenvalue weighted by molar-refractivity contribution is 7.81. The number of hydrogen-bond donors (Lipinski definition) is 4. The van der Waals surface area contributed by atoms with Crippen LogP contribution in [0.15, 0.2) is 0 Å². The molecule has 0 aromatic carbocycles. The molecule has 92 valence electrons. The summed E-state index contributed by atoms with van der Waals surface area (Å²) in [4.78, 5) is 32.3. The monoisotopic (exact) mass is 264 g/mol. The zero-order valence-corrected chi connectivity index (χ0v) is 10.6. The van der Waals surface area contributed by atoms with Gasteiger partial charge in [-0.15, -0.1) is 0 Å². The Balaban J connectivity index is 4.03. The number of carbonyl (C=O) groups excluding carboxylic acids is 3. The minimum atomic E-state index is -0.242. The third-order valence-corrected chi connectivity index (χ3v) is 2.41. The van der Waals surface area contributed by atoms with Gasteiger partial charge in [-0.05, 0) is 6.42 Å². The van der Waals surface area contributed by atoms with E-state index in [1.807, 2.05) is 0 Å². The Bertz CT molecular complexity index is 249. The Kier molecular flexibility index (Phi) is 9.12. The van der Waals surface area contributed by atoms with E-state index < -0.39 is 0 Å². The van der Waals surface area contributed by atoms with Crippen LogP contribution in [0.5, 0.6) is 0 Å². The summed E-state index contributed by atoms with van der Waals surface area (Å²) in [5.74, 6) is -0.252.